The molecule has 7 heteroatoms. The van der Waals surface area contributed by atoms with Crippen molar-refractivity contribution in [1.82, 2.24) is 15.1 Å². The Morgan fingerprint density at radius 1 is 1.21 bits per heavy atom. The van der Waals surface area contributed by atoms with E-state index in [4.69, 9.17) is 0 Å². The molecule has 2 aliphatic heterocycles. The van der Waals surface area contributed by atoms with Gasteiger partial charge in [-0.2, -0.15) is 0 Å². The molecule has 2 heterocycles. The summed E-state index contributed by atoms with van der Waals surface area (Å²) in [7, 11) is 0. The molecule has 3 rings (SSSR count). The zero-order valence-electron chi connectivity index (χ0n) is 14.5. The Morgan fingerprint density at radius 2 is 1.88 bits per heavy atom. The highest BCUT2D eigenvalue weighted by molar-refractivity contribution is 5.85. The van der Waals surface area contributed by atoms with Crippen LogP contribution in [0.25, 0.3) is 0 Å². The maximum absolute atomic E-state index is 12.2. The Bertz CT molecular complexity index is 538. The van der Waals surface area contributed by atoms with Gasteiger partial charge < -0.3 is 20.2 Å². The topological polar surface area (TPSA) is 89.9 Å². The largest absolute Gasteiger partial charge is 0.384 e. The van der Waals surface area contributed by atoms with Crippen molar-refractivity contribution in [3.05, 3.63) is 0 Å². The molecule has 0 unspecified atom stereocenters. The molecule has 0 bridgehead atoms. The summed E-state index contributed by atoms with van der Waals surface area (Å²) in [5, 5.41) is 13.2. The van der Waals surface area contributed by atoms with Crippen LogP contribution in [0.5, 0.6) is 0 Å². The van der Waals surface area contributed by atoms with Gasteiger partial charge in [0.05, 0.1) is 19.0 Å². The first kappa shape index (κ1) is 17.2. The number of rotatable bonds is 6. The summed E-state index contributed by atoms with van der Waals surface area (Å²) in [4.78, 5) is 38.6. The first-order valence-electron chi connectivity index (χ1n) is 8.87. The van der Waals surface area contributed by atoms with Crippen LogP contribution in [0.1, 0.15) is 33.1 Å². The minimum absolute atomic E-state index is 0.00583. The molecule has 7 nitrogen and oxygen atoms in total. The van der Waals surface area contributed by atoms with E-state index in [2.05, 4.69) is 12.2 Å². The first-order valence-corrected chi connectivity index (χ1v) is 8.87. The number of carbonyl (C=O) groups excluding carboxylic acids is 3. The second-order valence-corrected chi connectivity index (χ2v) is 7.65. The van der Waals surface area contributed by atoms with Gasteiger partial charge in [-0.3, -0.25) is 14.4 Å². The summed E-state index contributed by atoms with van der Waals surface area (Å²) in [5.74, 6) is 0.486. The second-order valence-electron chi connectivity index (χ2n) is 7.65. The third-order valence-electron chi connectivity index (χ3n) is 5.47. The fraction of sp³-hybridized carbons (Fsp3) is 0.824. The Hall–Kier alpha value is -1.63. The van der Waals surface area contributed by atoms with Crippen LogP contribution in [-0.2, 0) is 14.4 Å². The third-order valence-corrected chi connectivity index (χ3v) is 5.47. The molecular weight excluding hydrogens is 310 g/mol. The highest BCUT2D eigenvalue weighted by Crippen LogP contribution is 2.42. The van der Waals surface area contributed by atoms with Crippen molar-refractivity contribution < 1.29 is 19.5 Å². The molecule has 3 amide bonds. The monoisotopic (exact) mass is 337 g/mol. The van der Waals surface area contributed by atoms with Gasteiger partial charge in [0.1, 0.15) is 5.60 Å². The van der Waals surface area contributed by atoms with Gasteiger partial charge in [-0.25, -0.2) is 0 Å². The standard InChI is InChI=1S/C17H27N3O4/c1-3-4-12-5-14(12)15(22)18-8-17(24)9-20(10-17)16(23)13-6-19(7-13)11(2)21/h12-14,24H,3-10H2,1-2H3,(H,18,22)/t12-,14-/m1/s1. The predicted molar refractivity (Wildman–Crippen MR) is 86.8 cm³/mol. The molecule has 1 saturated carbocycles. The van der Waals surface area contributed by atoms with Crippen LogP contribution in [0.2, 0.25) is 0 Å². The van der Waals surface area contributed by atoms with Gasteiger partial charge in [0, 0.05) is 32.5 Å². The van der Waals surface area contributed by atoms with E-state index < -0.39 is 5.60 Å². The van der Waals surface area contributed by atoms with Crippen LogP contribution in [-0.4, -0.2) is 71.0 Å². The Balaban J connectivity index is 1.35. The normalized spacial score (nSPS) is 28.0. The van der Waals surface area contributed by atoms with E-state index in [1.807, 2.05) is 0 Å². The minimum atomic E-state index is -1.01. The lowest BCUT2D eigenvalue weighted by Gasteiger charge is -2.49. The zero-order chi connectivity index (χ0) is 17.5. The lowest BCUT2D eigenvalue weighted by atomic mass is 9.90. The van der Waals surface area contributed by atoms with Crippen molar-refractivity contribution in [1.29, 1.82) is 0 Å². The molecule has 0 radical (unpaired) electrons. The fourth-order valence-electron chi connectivity index (χ4n) is 3.72. The SMILES string of the molecule is CCC[C@@H]1C[C@H]1C(=O)NCC1(O)CN(C(=O)C2CN(C(C)=O)C2)C1. The maximum atomic E-state index is 12.2. The number of nitrogens with one attached hydrogen (secondary N) is 1. The summed E-state index contributed by atoms with van der Waals surface area (Å²) >= 11 is 0. The summed E-state index contributed by atoms with van der Waals surface area (Å²) in [6.07, 6.45) is 3.14. The lowest BCUT2D eigenvalue weighted by molar-refractivity contribution is -0.166. The summed E-state index contributed by atoms with van der Waals surface area (Å²) < 4.78 is 0. The van der Waals surface area contributed by atoms with Gasteiger partial charge in [-0.1, -0.05) is 13.3 Å². The van der Waals surface area contributed by atoms with E-state index in [0.29, 0.717) is 19.0 Å². The van der Waals surface area contributed by atoms with Crippen LogP contribution in [0.3, 0.4) is 0 Å². The van der Waals surface area contributed by atoms with E-state index in [9.17, 15) is 19.5 Å². The van der Waals surface area contributed by atoms with E-state index in [0.717, 1.165) is 19.3 Å². The van der Waals surface area contributed by atoms with Crippen molar-refractivity contribution in [2.24, 2.45) is 17.8 Å². The van der Waals surface area contributed by atoms with Crippen LogP contribution in [0.15, 0.2) is 0 Å². The molecule has 2 N–H and O–H groups in total. The Kier molecular flexibility index (Phi) is 4.55. The van der Waals surface area contributed by atoms with Crippen LogP contribution < -0.4 is 5.32 Å². The average Bonchev–Trinajstić information content (AvgIpc) is 3.19. The van der Waals surface area contributed by atoms with Crippen molar-refractivity contribution in [2.75, 3.05) is 32.7 Å². The van der Waals surface area contributed by atoms with Crippen molar-refractivity contribution >= 4 is 17.7 Å². The van der Waals surface area contributed by atoms with Crippen LogP contribution in [0.4, 0.5) is 0 Å². The number of amides is 3. The molecule has 2 saturated heterocycles. The average molecular weight is 337 g/mol. The van der Waals surface area contributed by atoms with Gasteiger partial charge in [0.15, 0.2) is 0 Å². The third kappa shape index (κ3) is 3.41. The molecule has 0 spiro atoms. The molecule has 2 atom stereocenters. The summed E-state index contributed by atoms with van der Waals surface area (Å²) in [6.45, 7) is 5.28. The Labute approximate surface area is 142 Å². The van der Waals surface area contributed by atoms with Crippen molar-refractivity contribution in [3.8, 4) is 0 Å². The quantitative estimate of drug-likeness (QED) is 0.689. The fourth-order valence-corrected chi connectivity index (χ4v) is 3.72. The van der Waals surface area contributed by atoms with Crippen LogP contribution >= 0.6 is 0 Å². The van der Waals surface area contributed by atoms with E-state index in [1.165, 1.54) is 6.92 Å². The molecule has 24 heavy (non-hydrogen) atoms. The molecule has 0 aromatic rings. The van der Waals surface area contributed by atoms with Crippen molar-refractivity contribution in [3.63, 3.8) is 0 Å². The van der Waals surface area contributed by atoms with E-state index in [1.54, 1.807) is 9.80 Å². The molecule has 134 valence electrons. The first-order chi connectivity index (χ1) is 11.3. The lowest BCUT2D eigenvalue weighted by Crippen LogP contribution is -2.70. The van der Waals surface area contributed by atoms with Crippen LogP contribution in [0, 0.1) is 17.8 Å². The van der Waals surface area contributed by atoms with Gasteiger partial charge >= 0.3 is 0 Å². The number of nitrogens with zero attached hydrogens (tertiary/aromatic N) is 2. The van der Waals surface area contributed by atoms with Gasteiger partial charge in [0.2, 0.25) is 17.7 Å². The van der Waals surface area contributed by atoms with Gasteiger partial charge in [-0.15, -0.1) is 0 Å². The highest BCUT2D eigenvalue weighted by Gasteiger charge is 2.48. The molecular formula is C17H27N3O4. The summed E-state index contributed by atoms with van der Waals surface area (Å²) in [5.41, 5.74) is -1.01. The van der Waals surface area contributed by atoms with Crippen molar-refractivity contribution in [2.45, 2.75) is 38.7 Å². The van der Waals surface area contributed by atoms with E-state index in [-0.39, 0.29) is 49.2 Å². The molecule has 0 aromatic carbocycles. The second kappa shape index (κ2) is 6.35. The minimum Gasteiger partial charge on any atom is -0.384 e. The number of β-amino-alcohol motifs (C(OH)–C–C–N with tert-alkyl or cyclic N) is 1. The number of aliphatic hydroxyl groups is 1. The van der Waals surface area contributed by atoms with Gasteiger partial charge in [0.25, 0.3) is 0 Å². The maximum Gasteiger partial charge on any atom is 0.229 e. The van der Waals surface area contributed by atoms with Gasteiger partial charge in [-0.05, 0) is 18.8 Å². The number of hydrogen-bond donors (Lipinski definition) is 2. The molecule has 0 aromatic heterocycles. The number of carbonyl (C=O) groups is 3. The number of likely N-dealkylation sites (tertiary alicyclic amines) is 2. The molecule has 1 aliphatic carbocycles. The Morgan fingerprint density at radius 3 is 2.46 bits per heavy atom. The smallest absolute Gasteiger partial charge is 0.229 e. The van der Waals surface area contributed by atoms with E-state index >= 15 is 0 Å². The number of hydrogen-bond acceptors (Lipinski definition) is 4. The predicted octanol–water partition coefficient (Wildman–Crippen LogP) is -0.410. The molecule has 3 aliphatic rings. The summed E-state index contributed by atoms with van der Waals surface area (Å²) in [6, 6.07) is 0. The zero-order valence-corrected chi connectivity index (χ0v) is 14.5. The highest BCUT2D eigenvalue weighted by atomic mass is 16.3. The molecule has 3 fully saturated rings.